The van der Waals surface area contributed by atoms with Gasteiger partial charge in [-0.3, -0.25) is 9.59 Å². The average Bonchev–Trinajstić information content (AvgIpc) is 3.49. The Morgan fingerprint density at radius 2 is 1.52 bits per heavy atom. The van der Waals surface area contributed by atoms with Gasteiger partial charge < -0.3 is 14.4 Å². The van der Waals surface area contributed by atoms with Gasteiger partial charge in [0.05, 0.1) is 6.54 Å². The van der Waals surface area contributed by atoms with Crippen molar-refractivity contribution in [3.8, 4) is 11.1 Å². The second kappa shape index (κ2) is 15.0. The number of benzene rings is 3. The highest BCUT2D eigenvalue weighted by Crippen LogP contribution is 2.26. The number of carbonyl (C=O) groups excluding carboxylic acids is 2. The van der Waals surface area contributed by atoms with E-state index in [1.54, 1.807) is 17.0 Å². The summed E-state index contributed by atoms with van der Waals surface area (Å²) in [5, 5.41) is 0. The molecule has 2 amide bonds. The van der Waals surface area contributed by atoms with Crippen molar-refractivity contribution in [2.24, 2.45) is 5.92 Å². The van der Waals surface area contributed by atoms with Crippen LogP contribution in [0.15, 0.2) is 97.2 Å². The predicted molar refractivity (Wildman–Crippen MR) is 175 cm³/mol. The van der Waals surface area contributed by atoms with Gasteiger partial charge >= 0.3 is 0 Å². The number of carbonyl (C=O) groups is 2. The molecule has 3 aromatic carbocycles. The van der Waals surface area contributed by atoms with Gasteiger partial charge in [0.2, 0.25) is 5.91 Å². The van der Waals surface area contributed by atoms with Crippen molar-refractivity contribution in [1.82, 2.24) is 14.4 Å². The summed E-state index contributed by atoms with van der Waals surface area (Å²) < 4.78 is 15.6. The molecule has 1 saturated carbocycles. The maximum atomic E-state index is 14.2. The molecule has 6 heteroatoms. The van der Waals surface area contributed by atoms with Crippen molar-refractivity contribution in [3.05, 3.63) is 120 Å². The second-order valence-electron chi connectivity index (χ2n) is 12.4. The summed E-state index contributed by atoms with van der Waals surface area (Å²) >= 11 is 0. The van der Waals surface area contributed by atoms with E-state index in [1.807, 2.05) is 59.6 Å². The molecule has 5 nitrogen and oxygen atoms in total. The number of nitrogens with zero attached hydrogens (tertiary/aromatic N) is 3. The lowest BCUT2D eigenvalue weighted by Gasteiger charge is -2.36. The van der Waals surface area contributed by atoms with E-state index in [0.29, 0.717) is 31.1 Å². The van der Waals surface area contributed by atoms with E-state index >= 15 is 0 Å². The summed E-state index contributed by atoms with van der Waals surface area (Å²) in [7, 11) is 0. The second-order valence-corrected chi connectivity index (χ2v) is 12.4. The van der Waals surface area contributed by atoms with Crippen molar-refractivity contribution in [3.63, 3.8) is 0 Å². The highest BCUT2D eigenvalue weighted by molar-refractivity contribution is 5.97. The highest BCUT2D eigenvalue weighted by atomic mass is 19.1. The Kier molecular flexibility index (Phi) is 10.7. The van der Waals surface area contributed by atoms with Gasteiger partial charge in [-0.25, -0.2) is 4.39 Å². The molecule has 0 spiro atoms. The monoisotopic (exact) mass is 593 g/mol. The van der Waals surface area contributed by atoms with Crippen LogP contribution >= 0.6 is 0 Å². The van der Waals surface area contributed by atoms with Crippen LogP contribution in [0.1, 0.15) is 74.0 Å². The zero-order valence-corrected chi connectivity index (χ0v) is 26.0. The van der Waals surface area contributed by atoms with Crippen molar-refractivity contribution in [2.45, 2.75) is 71.5 Å². The molecule has 5 rings (SSSR count). The lowest BCUT2D eigenvalue weighted by atomic mass is 9.94. The van der Waals surface area contributed by atoms with E-state index in [1.165, 1.54) is 18.6 Å². The van der Waals surface area contributed by atoms with Crippen molar-refractivity contribution < 1.29 is 14.0 Å². The van der Waals surface area contributed by atoms with Gasteiger partial charge in [0.1, 0.15) is 12.4 Å². The molecular weight excluding hydrogens is 549 g/mol. The van der Waals surface area contributed by atoms with Gasteiger partial charge in [-0.2, -0.15) is 0 Å². The van der Waals surface area contributed by atoms with Crippen LogP contribution in [0.5, 0.6) is 0 Å². The fraction of sp³-hybridized carbons (Fsp3) is 0.368. The van der Waals surface area contributed by atoms with Gasteiger partial charge in [-0.15, -0.1) is 0 Å². The number of hydrogen-bond acceptors (Lipinski definition) is 2. The van der Waals surface area contributed by atoms with Gasteiger partial charge in [0.15, 0.2) is 0 Å². The van der Waals surface area contributed by atoms with E-state index in [4.69, 9.17) is 0 Å². The molecule has 1 heterocycles. The highest BCUT2D eigenvalue weighted by Gasteiger charge is 2.29. The first-order chi connectivity index (χ1) is 21.4. The van der Waals surface area contributed by atoms with Crippen LogP contribution in [-0.4, -0.2) is 45.3 Å². The molecular formula is C38H44FN3O2. The smallest absolute Gasteiger partial charge is 0.254 e. The first-order valence-electron chi connectivity index (χ1n) is 16.0. The van der Waals surface area contributed by atoms with E-state index in [2.05, 4.69) is 36.6 Å². The fourth-order valence-corrected chi connectivity index (χ4v) is 6.06. The number of aromatic nitrogens is 1. The zero-order valence-electron chi connectivity index (χ0n) is 26.0. The standard InChI is InChI=1S/C38H44FN3O2/c1-29(2)23-25-41(38(44)33-19-17-32(18-20-33)31-10-5-3-6-11-31)28-37(43)42(35-12-7-4-8-13-35)27-36-14-9-24-40(36)26-30-15-21-34(39)22-16-30/h3,5-6,9-11,14-22,24,29,35H,4,7-8,12-13,23,25-28H2,1-2H3. The van der Waals surface area contributed by atoms with Crippen molar-refractivity contribution in [2.75, 3.05) is 13.1 Å². The maximum absolute atomic E-state index is 14.2. The Bertz CT molecular complexity index is 1490. The number of amides is 2. The minimum absolute atomic E-state index is 0.00977. The van der Waals surface area contributed by atoms with Crippen LogP contribution in [0.4, 0.5) is 4.39 Å². The Morgan fingerprint density at radius 1 is 0.841 bits per heavy atom. The molecule has 0 aliphatic heterocycles. The minimum Gasteiger partial charge on any atom is -0.345 e. The fourth-order valence-electron chi connectivity index (χ4n) is 6.06. The average molecular weight is 594 g/mol. The van der Waals surface area contributed by atoms with Gasteiger partial charge in [0, 0.05) is 36.6 Å². The molecule has 0 atom stereocenters. The van der Waals surface area contributed by atoms with Crippen LogP contribution in [0, 0.1) is 11.7 Å². The topological polar surface area (TPSA) is 45.6 Å². The predicted octanol–water partition coefficient (Wildman–Crippen LogP) is 8.19. The molecule has 0 saturated heterocycles. The lowest BCUT2D eigenvalue weighted by molar-refractivity contribution is -0.135. The van der Waals surface area contributed by atoms with Crippen molar-refractivity contribution in [1.29, 1.82) is 0 Å². The Labute approximate surface area is 261 Å². The maximum Gasteiger partial charge on any atom is 0.254 e. The Balaban J connectivity index is 1.35. The normalized spacial score (nSPS) is 13.6. The van der Waals surface area contributed by atoms with Gasteiger partial charge in [-0.1, -0.05) is 87.7 Å². The number of rotatable bonds is 12. The number of hydrogen-bond donors (Lipinski definition) is 0. The van der Waals surface area contributed by atoms with E-state index in [9.17, 15) is 14.0 Å². The molecule has 0 unspecified atom stereocenters. The van der Waals surface area contributed by atoms with Gasteiger partial charge in [-0.05, 0) is 78.3 Å². The third kappa shape index (κ3) is 8.25. The van der Waals surface area contributed by atoms with E-state index in [0.717, 1.165) is 54.5 Å². The van der Waals surface area contributed by atoms with Crippen LogP contribution in [0.25, 0.3) is 11.1 Å². The summed E-state index contributed by atoms with van der Waals surface area (Å²) in [4.78, 5) is 31.8. The quantitative estimate of drug-likeness (QED) is 0.166. The van der Waals surface area contributed by atoms with Crippen LogP contribution in [0.3, 0.4) is 0 Å². The number of halogens is 1. The third-order valence-corrected chi connectivity index (χ3v) is 8.69. The molecule has 0 radical (unpaired) electrons. The molecule has 0 bridgehead atoms. The molecule has 230 valence electrons. The zero-order chi connectivity index (χ0) is 30.9. The summed E-state index contributed by atoms with van der Waals surface area (Å²) in [6, 6.07) is 28.6. The summed E-state index contributed by atoms with van der Waals surface area (Å²) in [6.07, 6.45) is 8.20. The summed E-state index contributed by atoms with van der Waals surface area (Å²) in [5.41, 5.74) is 4.79. The molecule has 1 aliphatic carbocycles. The summed E-state index contributed by atoms with van der Waals surface area (Å²) in [5.74, 6) is 0.0376. The first kappa shape index (κ1) is 31.2. The largest absolute Gasteiger partial charge is 0.345 e. The molecule has 4 aromatic rings. The van der Waals surface area contributed by atoms with E-state index < -0.39 is 0 Å². The van der Waals surface area contributed by atoms with Crippen molar-refractivity contribution >= 4 is 11.8 Å². The summed E-state index contributed by atoms with van der Waals surface area (Å²) in [6.45, 7) is 5.96. The SMILES string of the molecule is CC(C)CCN(CC(=O)N(Cc1cccn1Cc1ccc(F)cc1)C1CCCCC1)C(=O)c1ccc(-c2ccccc2)cc1. The lowest BCUT2D eigenvalue weighted by Crippen LogP contribution is -2.48. The third-order valence-electron chi connectivity index (χ3n) is 8.69. The Morgan fingerprint density at radius 3 is 2.20 bits per heavy atom. The minimum atomic E-state index is -0.251. The van der Waals surface area contributed by atoms with E-state index in [-0.39, 0.29) is 30.2 Å². The van der Waals surface area contributed by atoms with Crippen LogP contribution in [-0.2, 0) is 17.9 Å². The molecule has 1 aliphatic rings. The molecule has 44 heavy (non-hydrogen) atoms. The first-order valence-corrected chi connectivity index (χ1v) is 16.0. The Hall–Kier alpha value is -4.19. The van der Waals surface area contributed by atoms with Gasteiger partial charge in [0.25, 0.3) is 5.91 Å². The molecule has 1 fully saturated rings. The molecule has 0 N–H and O–H groups in total. The van der Waals surface area contributed by atoms with Crippen LogP contribution < -0.4 is 0 Å². The molecule has 1 aromatic heterocycles. The van der Waals surface area contributed by atoms with Crippen LogP contribution in [0.2, 0.25) is 0 Å².